The van der Waals surface area contributed by atoms with Gasteiger partial charge in [0.2, 0.25) is 5.79 Å². The van der Waals surface area contributed by atoms with Gasteiger partial charge < -0.3 is 9.47 Å². The minimum atomic E-state index is -0.768. The second-order valence-electron chi connectivity index (χ2n) is 6.93. The molecule has 0 N–H and O–H groups in total. The van der Waals surface area contributed by atoms with Gasteiger partial charge in [0.1, 0.15) is 0 Å². The van der Waals surface area contributed by atoms with E-state index in [0.717, 1.165) is 19.3 Å². The van der Waals surface area contributed by atoms with Gasteiger partial charge in [-0.15, -0.1) is 0 Å². The summed E-state index contributed by atoms with van der Waals surface area (Å²) in [6.07, 6.45) is 3.73. The third-order valence-electron chi connectivity index (χ3n) is 5.43. The van der Waals surface area contributed by atoms with Crippen LogP contribution in [-0.2, 0) is 27.1 Å². The molecule has 2 heterocycles. The lowest BCUT2D eigenvalue weighted by atomic mass is 9.68. The largest absolute Gasteiger partial charge is 0.432 e. The normalized spacial score (nSPS) is 25.1. The molecule has 2 aliphatic rings. The molecule has 0 saturated carbocycles. The number of benzene rings is 2. The number of hydrogen-bond donors (Lipinski definition) is 0. The van der Waals surface area contributed by atoms with Crippen molar-refractivity contribution in [3.8, 4) is 0 Å². The molecule has 2 aliphatic heterocycles. The van der Waals surface area contributed by atoms with Crippen molar-refractivity contribution in [1.29, 1.82) is 0 Å². The molecule has 2 saturated heterocycles. The topological polar surface area (TPSA) is 35.5 Å². The smallest absolute Gasteiger partial charge is 0.308 e. The maximum absolute atomic E-state index is 11.9. The molecule has 2 fully saturated rings. The fraction of sp³-hybridized carbons (Fsp3) is 0.381. The average Bonchev–Trinajstić information content (AvgIpc) is 3.14. The van der Waals surface area contributed by atoms with Crippen LogP contribution in [0.2, 0.25) is 0 Å². The zero-order chi connectivity index (χ0) is 16.5. The number of ether oxygens (including phenoxy) is 2. The fourth-order valence-corrected chi connectivity index (χ4v) is 4.26. The molecule has 2 aromatic rings. The lowest BCUT2D eigenvalue weighted by molar-refractivity contribution is -0.230. The van der Waals surface area contributed by atoms with Crippen molar-refractivity contribution in [2.75, 3.05) is 6.61 Å². The van der Waals surface area contributed by atoms with E-state index < -0.39 is 5.79 Å². The monoisotopic (exact) mass is 322 g/mol. The Morgan fingerprint density at radius 3 is 1.92 bits per heavy atom. The molecule has 2 aromatic carbocycles. The van der Waals surface area contributed by atoms with Crippen LogP contribution in [0.15, 0.2) is 60.7 Å². The van der Waals surface area contributed by atoms with Crippen molar-refractivity contribution >= 4 is 5.97 Å². The lowest BCUT2D eigenvalue weighted by Crippen LogP contribution is -2.48. The highest BCUT2D eigenvalue weighted by Crippen LogP contribution is 2.54. The molecule has 124 valence electrons. The Balaban J connectivity index is 1.73. The number of carbonyl (C=O) groups is 1. The summed E-state index contributed by atoms with van der Waals surface area (Å²) >= 11 is 0. The van der Waals surface area contributed by atoms with Gasteiger partial charge in [-0.25, -0.2) is 0 Å². The van der Waals surface area contributed by atoms with E-state index in [4.69, 9.17) is 9.47 Å². The van der Waals surface area contributed by atoms with Crippen molar-refractivity contribution in [1.82, 2.24) is 0 Å². The third kappa shape index (κ3) is 2.63. The molecule has 0 unspecified atom stereocenters. The number of rotatable bonds is 4. The number of carbonyl (C=O) groups excluding carboxylic acids is 1. The second kappa shape index (κ2) is 6.06. The van der Waals surface area contributed by atoms with Crippen LogP contribution in [0.1, 0.15) is 30.4 Å². The molecule has 4 rings (SSSR count). The molecule has 1 spiro atoms. The Morgan fingerprint density at radius 2 is 1.42 bits per heavy atom. The van der Waals surface area contributed by atoms with Gasteiger partial charge in [-0.2, -0.15) is 0 Å². The van der Waals surface area contributed by atoms with Crippen LogP contribution in [0.25, 0.3) is 0 Å². The van der Waals surface area contributed by atoms with Gasteiger partial charge in [0.15, 0.2) is 0 Å². The molecular weight excluding hydrogens is 300 g/mol. The predicted octanol–water partition coefficient (Wildman–Crippen LogP) is 3.91. The van der Waals surface area contributed by atoms with Crippen LogP contribution in [0.4, 0.5) is 0 Å². The van der Waals surface area contributed by atoms with Crippen LogP contribution in [0, 0.1) is 5.41 Å². The first-order chi connectivity index (χ1) is 11.7. The van der Waals surface area contributed by atoms with Crippen LogP contribution in [0.5, 0.6) is 0 Å². The lowest BCUT2D eigenvalue weighted by Gasteiger charge is -2.41. The Hall–Kier alpha value is -2.13. The number of esters is 1. The highest BCUT2D eigenvalue weighted by Gasteiger charge is 2.61. The zero-order valence-corrected chi connectivity index (χ0v) is 13.7. The van der Waals surface area contributed by atoms with E-state index in [0.29, 0.717) is 19.4 Å². The highest BCUT2D eigenvalue weighted by atomic mass is 16.7. The summed E-state index contributed by atoms with van der Waals surface area (Å²) in [5.41, 5.74) is 2.32. The first kappa shape index (κ1) is 15.4. The van der Waals surface area contributed by atoms with E-state index >= 15 is 0 Å². The van der Waals surface area contributed by atoms with Gasteiger partial charge in [-0.3, -0.25) is 4.79 Å². The van der Waals surface area contributed by atoms with Gasteiger partial charge >= 0.3 is 5.97 Å². The van der Waals surface area contributed by atoms with Gasteiger partial charge in [0.05, 0.1) is 13.0 Å². The second-order valence-corrected chi connectivity index (χ2v) is 6.93. The van der Waals surface area contributed by atoms with E-state index in [2.05, 4.69) is 48.5 Å². The van der Waals surface area contributed by atoms with E-state index in [1.165, 1.54) is 11.1 Å². The van der Waals surface area contributed by atoms with E-state index in [-0.39, 0.29) is 11.4 Å². The molecular formula is C21H22O3. The molecule has 24 heavy (non-hydrogen) atoms. The third-order valence-corrected chi connectivity index (χ3v) is 5.43. The molecule has 0 aliphatic carbocycles. The van der Waals surface area contributed by atoms with Crippen LogP contribution in [-0.4, -0.2) is 18.4 Å². The van der Waals surface area contributed by atoms with Crippen LogP contribution >= 0.6 is 0 Å². The van der Waals surface area contributed by atoms with Gasteiger partial charge in [0, 0.05) is 11.8 Å². The van der Waals surface area contributed by atoms with Gasteiger partial charge in [-0.1, -0.05) is 60.7 Å². The first-order valence-electron chi connectivity index (χ1n) is 8.65. The first-order valence-corrected chi connectivity index (χ1v) is 8.65. The Labute approximate surface area is 142 Å². The highest BCUT2D eigenvalue weighted by molar-refractivity contribution is 5.72. The molecule has 0 aromatic heterocycles. The average molecular weight is 322 g/mol. The molecule has 1 atom stereocenters. The minimum absolute atomic E-state index is 0.137. The summed E-state index contributed by atoms with van der Waals surface area (Å²) in [5, 5.41) is 0. The summed E-state index contributed by atoms with van der Waals surface area (Å²) in [7, 11) is 0. The van der Waals surface area contributed by atoms with E-state index in [9.17, 15) is 4.79 Å². The van der Waals surface area contributed by atoms with Crippen molar-refractivity contribution < 1.29 is 14.3 Å². The summed E-state index contributed by atoms with van der Waals surface area (Å²) in [6.45, 7) is 0.646. The summed E-state index contributed by atoms with van der Waals surface area (Å²) in [4.78, 5) is 11.9. The van der Waals surface area contributed by atoms with E-state index in [1.807, 2.05) is 12.1 Å². The van der Waals surface area contributed by atoms with Crippen molar-refractivity contribution in [2.24, 2.45) is 5.41 Å². The van der Waals surface area contributed by atoms with Crippen molar-refractivity contribution in [2.45, 2.75) is 37.9 Å². The van der Waals surface area contributed by atoms with Crippen LogP contribution in [0.3, 0.4) is 0 Å². The molecule has 0 radical (unpaired) electrons. The van der Waals surface area contributed by atoms with Crippen molar-refractivity contribution in [3.63, 3.8) is 0 Å². The summed E-state index contributed by atoms with van der Waals surface area (Å²) in [6, 6.07) is 20.9. The summed E-state index contributed by atoms with van der Waals surface area (Å²) < 4.78 is 11.9. The minimum Gasteiger partial charge on any atom is -0.432 e. The predicted molar refractivity (Wildman–Crippen MR) is 91.4 cm³/mol. The van der Waals surface area contributed by atoms with Crippen LogP contribution < -0.4 is 0 Å². The Bertz CT molecular complexity index is 669. The van der Waals surface area contributed by atoms with Crippen molar-refractivity contribution in [3.05, 3.63) is 71.8 Å². The maximum atomic E-state index is 11.9. The SMILES string of the molecule is O=C1CC[C@]2(OCCC2(Cc2ccccc2)Cc2ccccc2)O1. The van der Waals surface area contributed by atoms with Gasteiger partial charge in [0.25, 0.3) is 0 Å². The van der Waals surface area contributed by atoms with Gasteiger partial charge in [-0.05, 0) is 30.4 Å². The zero-order valence-electron chi connectivity index (χ0n) is 13.7. The molecule has 0 amide bonds. The Kier molecular flexibility index (Phi) is 3.89. The Morgan fingerprint density at radius 1 is 0.833 bits per heavy atom. The molecule has 3 nitrogen and oxygen atoms in total. The molecule has 3 heteroatoms. The molecule has 0 bridgehead atoms. The van der Waals surface area contributed by atoms with E-state index in [1.54, 1.807) is 0 Å². The fourth-order valence-electron chi connectivity index (χ4n) is 4.26. The number of hydrogen-bond acceptors (Lipinski definition) is 3. The quantitative estimate of drug-likeness (QED) is 0.801. The standard InChI is InChI=1S/C21H22O3/c22-19-11-12-21(24-19)20(13-14-23-21,15-17-7-3-1-4-8-17)16-18-9-5-2-6-10-18/h1-10H,11-16H2/t21-/m0/s1. The maximum Gasteiger partial charge on any atom is 0.308 e. The summed E-state index contributed by atoms with van der Waals surface area (Å²) in [5.74, 6) is -0.905.